The van der Waals surface area contributed by atoms with E-state index in [-0.39, 0.29) is 19.4 Å². The van der Waals surface area contributed by atoms with E-state index in [0.29, 0.717) is 12.1 Å². The van der Waals surface area contributed by atoms with Crippen LogP contribution in [0.1, 0.15) is 39.9 Å². The van der Waals surface area contributed by atoms with Crippen molar-refractivity contribution in [3.05, 3.63) is 34.4 Å². The van der Waals surface area contributed by atoms with Crippen LogP contribution in [0.4, 0.5) is 4.39 Å². The van der Waals surface area contributed by atoms with Crippen LogP contribution in [-0.2, 0) is 29.2 Å². The van der Waals surface area contributed by atoms with Crippen molar-refractivity contribution in [3.8, 4) is 0 Å². The number of carbonyl (C=O) groups excluding carboxylic acids is 3. The number of amides is 3. The molecule has 1 saturated heterocycles. The van der Waals surface area contributed by atoms with Crippen LogP contribution in [0, 0.1) is 0 Å². The van der Waals surface area contributed by atoms with Crippen molar-refractivity contribution in [2.45, 2.75) is 38.3 Å². The number of hydrogen-bond acceptors (Lipinski definition) is 4. The summed E-state index contributed by atoms with van der Waals surface area (Å²) in [6.07, 6.45) is -0.401. The van der Waals surface area contributed by atoms with E-state index >= 15 is 4.39 Å². The van der Waals surface area contributed by atoms with Gasteiger partial charge in [-0.05, 0) is 22.8 Å². The molecule has 1 atom stereocenters. The van der Waals surface area contributed by atoms with E-state index in [1.807, 2.05) is 11.4 Å². The topological polar surface area (TPSA) is 78.5 Å². The quantitative estimate of drug-likeness (QED) is 0.579. The Morgan fingerprint density at radius 1 is 1.09 bits per heavy atom. The zero-order valence-electron chi connectivity index (χ0n) is 11.7. The highest BCUT2D eigenvalue weighted by Crippen LogP contribution is 2.36. The zero-order valence-corrected chi connectivity index (χ0v) is 11.7. The molecule has 2 N–H and O–H groups in total. The normalized spacial score (nSPS) is 27.0. The van der Waals surface area contributed by atoms with Gasteiger partial charge in [-0.25, -0.2) is 4.39 Å². The van der Waals surface area contributed by atoms with Crippen LogP contribution in [0.25, 0.3) is 0 Å². The Labute approximate surface area is 125 Å². The predicted octanol–water partition coefficient (Wildman–Crippen LogP) is 0.348. The van der Waals surface area contributed by atoms with E-state index in [2.05, 4.69) is 5.32 Å². The maximum absolute atomic E-state index is 15.1. The summed E-state index contributed by atoms with van der Waals surface area (Å²) in [6.45, 7) is 1.47. The van der Waals surface area contributed by atoms with Crippen LogP contribution in [0.5, 0.6) is 0 Å². The van der Waals surface area contributed by atoms with Crippen LogP contribution in [-0.4, -0.2) is 28.4 Å². The van der Waals surface area contributed by atoms with Gasteiger partial charge in [-0.3, -0.25) is 24.6 Å². The number of nitrogens with zero attached hydrogens (tertiary/aromatic N) is 1. The van der Waals surface area contributed by atoms with E-state index in [4.69, 9.17) is 0 Å². The second-order valence-corrected chi connectivity index (χ2v) is 5.91. The molecule has 1 fully saturated rings. The third-order valence-corrected chi connectivity index (χ3v) is 4.57. The van der Waals surface area contributed by atoms with Crippen LogP contribution in [0.2, 0.25) is 0 Å². The molecule has 1 aromatic carbocycles. The summed E-state index contributed by atoms with van der Waals surface area (Å²) in [5.41, 5.74) is 3.31. The summed E-state index contributed by atoms with van der Waals surface area (Å²) in [7, 11) is 0. The van der Waals surface area contributed by atoms with E-state index < -0.39 is 23.5 Å². The summed E-state index contributed by atoms with van der Waals surface area (Å²) in [6, 6.07) is 3.68. The summed E-state index contributed by atoms with van der Waals surface area (Å²) < 4.78 is 15.1. The molecule has 7 heteroatoms. The summed E-state index contributed by atoms with van der Waals surface area (Å²) >= 11 is 0. The molecule has 0 aromatic heterocycles. The number of carbonyl (C=O) groups is 3. The molecule has 0 aliphatic carbocycles. The molecule has 0 spiro atoms. The fraction of sp³-hybridized carbons (Fsp3) is 0.400. The average molecular weight is 303 g/mol. The molecular formula is C15H14FN3O3. The lowest BCUT2D eigenvalue weighted by molar-refractivity contribution is -0.154. The van der Waals surface area contributed by atoms with Gasteiger partial charge < -0.3 is 5.32 Å². The Bertz CT molecular complexity index is 733. The number of hydrogen-bond donors (Lipinski definition) is 2. The first-order valence-electron chi connectivity index (χ1n) is 7.19. The first kappa shape index (κ1) is 13.4. The zero-order chi connectivity index (χ0) is 15.5. The Hall–Kier alpha value is -2.28. The molecule has 4 rings (SSSR count). The molecule has 3 aliphatic heterocycles. The van der Waals surface area contributed by atoms with E-state index in [9.17, 15) is 14.4 Å². The van der Waals surface area contributed by atoms with Crippen molar-refractivity contribution in [1.29, 1.82) is 0 Å². The number of nitrogens with one attached hydrogen (secondary N) is 2. The number of piperidine rings is 1. The summed E-state index contributed by atoms with van der Waals surface area (Å²) in [5.74, 6) is -4.49. The lowest BCUT2D eigenvalue weighted by atomic mass is 10.0. The molecule has 114 valence electrons. The van der Waals surface area contributed by atoms with Crippen molar-refractivity contribution in [2.75, 3.05) is 0 Å². The second-order valence-electron chi connectivity index (χ2n) is 5.91. The third kappa shape index (κ3) is 1.72. The van der Waals surface area contributed by atoms with Crippen LogP contribution in [0.15, 0.2) is 12.1 Å². The highest BCUT2D eigenvalue weighted by molar-refractivity contribution is 6.06. The number of alkyl halides is 1. The average Bonchev–Trinajstić information content (AvgIpc) is 3.06. The van der Waals surface area contributed by atoms with Crippen molar-refractivity contribution >= 4 is 17.7 Å². The van der Waals surface area contributed by atoms with Gasteiger partial charge in [-0.2, -0.15) is 0 Å². The van der Waals surface area contributed by atoms with E-state index in [0.717, 1.165) is 28.1 Å². The minimum absolute atomic E-state index is 0.0551. The molecule has 0 saturated carbocycles. The minimum atomic E-state index is -2.45. The van der Waals surface area contributed by atoms with Crippen LogP contribution in [0.3, 0.4) is 0 Å². The van der Waals surface area contributed by atoms with Gasteiger partial charge in [-0.1, -0.05) is 6.07 Å². The second kappa shape index (κ2) is 4.36. The molecule has 22 heavy (non-hydrogen) atoms. The highest BCUT2D eigenvalue weighted by atomic mass is 19.1. The molecule has 3 heterocycles. The Morgan fingerprint density at radius 3 is 2.55 bits per heavy atom. The van der Waals surface area contributed by atoms with Gasteiger partial charge in [0.05, 0.1) is 6.54 Å². The number of imide groups is 1. The minimum Gasteiger partial charge on any atom is -0.309 e. The van der Waals surface area contributed by atoms with Crippen molar-refractivity contribution in [2.24, 2.45) is 0 Å². The van der Waals surface area contributed by atoms with Gasteiger partial charge in [0, 0.05) is 31.5 Å². The van der Waals surface area contributed by atoms with Crippen LogP contribution < -0.4 is 10.6 Å². The molecular weight excluding hydrogens is 289 g/mol. The monoisotopic (exact) mass is 303 g/mol. The van der Waals surface area contributed by atoms with Crippen LogP contribution >= 0.6 is 0 Å². The Morgan fingerprint density at radius 2 is 1.82 bits per heavy atom. The standard InChI is InChI=1S/C15H14FN3O3/c16-15(2-1-12(20)18-14(15)22)19-7-10-3-8-5-17-6-9(8)4-11(10)13(19)21/h3-4,17H,1-2,5-7H2,(H,18,20,22). The number of rotatable bonds is 1. The summed E-state index contributed by atoms with van der Waals surface area (Å²) in [4.78, 5) is 36.6. The van der Waals surface area contributed by atoms with Gasteiger partial charge >= 0.3 is 0 Å². The smallest absolute Gasteiger partial charge is 0.285 e. The number of benzene rings is 1. The molecule has 1 unspecified atom stereocenters. The number of fused-ring (bicyclic) bond motifs is 2. The van der Waals surface area contributed by atoms with Crippen molar-refractivity contribution < 1.29 is 18.8 Å². The summed E-state index contributed by atoms with van der Waals surface area (Å²) in [5, 5.41) is 5.18. The van der Waals surface area contributed by atoms with Gasteiger partial charge in [0.2, 0.25) is 5.91 Å². The van der Waals surface area contributed by atoms with Crippen molar-refractivity contribution in [3.63, 3.8) is 0 Å². The van der Waals surface area contributed by atoms with Gasteiger partial charge in [-0.15, -0.1) is 0 Å². The Kier molecular flexibility index (Phi) is 2.65. The van der Waals surface area contributed by atoms with Gasteiger partial charge in [0.1, 0.15) is 0 Å². The number of halogens is 1. The fourth-order valence-electron chi connectivity index (χ4n) is 3.34. The molecule has 3 aliphatic rings. The largest absolute Gasteiger partial charge is 0.309 e. The van der Waals surface area contributed by atoms with Gasteiger partial charge in [0.15, 0.2) is 0 Å². The molecule has 0 bridgehead atoms. The molecule has 6 nitrogen and oxygen atoms in total. The maximum atomic E-state index is 15.1. The van der Waals surface area contributed by atoms with Crippen molar-refractivity contribution in [1.82, 2.24) is 15.5 Å². The SMILES string of the molecule is O=C1CCC(F)(N2Cc3cc4c(cc3C2=O)CNC4)C(=O)N1. The maximum Gasteiger partial charge on any atom is 0.285 e. The molecule has 1 aromatic rings. The molecule has 0 radical (unpaired) electrons. The lowest BCUT2D eigenvalue weighted by Crippen LogP contribution is -2.60. The van der Waals surface area contributed by atoms with Gasteiger partial charge in [0.25, 0.3) is 17.6 Å². The predicted molar refractivity (Wildman–Crippen MR) is 73.1 cm³/mol. The van der Waals surface area contributed by atoms with E-state index in [1.165, 1.54) is 0 Å². The first-order valence-corrected chi connectivity index (χ1v) is 7.19. The fourth-order valence-corrected chi connectivity index (χ4v) is 3.34. The highest BCUT2D eigenvalue weighted by Gasteiger charge is 2.52. The lowest BCUT2D eigenvalue weighted by Gasteiger charge is -2.35. The molecule has 3 amide bonds. The van der Waals surface area contributed by atoms with E-state index in [1.54, 1.807) is 6.07 Å². The Balaban J connectivity index is 1.70. The third-order valence-electron chi connectivity index (χ3n) is 4.57. The first-order chi connectivity index (χ1) is 10.5.